The van der Waals surface area contributed by atoms with E-state index < -0.39 is 0 Å². The molecule has 4 aromatic rings. The molecule has 216 valence electrons. The maximum absolute atomic E-state index is 13.7. The van der Waals surface area contributed by atoms with E-state index in [0.29, 0.717) is 35.6 Å². The number of ether oxygens (including phenoxy) is 1. The van der Waals surface area contributed by atoms with E-state index in [9.17, 15) is 4.79 Å². The van der Waals surface area contributed by atoms with Crippen molar-refractivity contribution in [1.82, 2.24) is 34.1 Å². The molecule has 10 nitrogen and oxygen atoms in total. The first-order valence-electron chi connectivity index (χ1n) is 14.6. The second-order valence-electron chi connectivity index (χ2n) is 11.9. The maximum Gasteiger partial charge on any atom is 0.258 e. The highest BCUT2D eigenvalue weighted by molar-refractivity contribution is 6.05. The highest BCUT2D eigenvalue weighted by Crippen LogP contribution is 2.33. The van der Waals surface area contributed by atoms with Gasteiger partial charge in [-0.2, -0.15) is 5.10 Å². The fraction of sp³-hybridized carbons (Fsp3) is 0.484. The molecule has 2 bridgehead atoms. The Bertz CT molecular complexity index is 1590. The zero-order valence-electron chi connectivity index (χ0n) is 24.8. The number of benzene rings is 1. The monoisotopic (exact) mass is 556 g/mol. The molecule has 0 unspecified atom stereocenters. The lowest BCUT2D eigenvalue weighted by Crippen LogP contribution is -2.36. The Morgan fingerprint density at radius 3 is 2.88 bits per heavy atom. The van der Waals surface area contributed by atoms with Gasteiger partial charge in [0.25, 0.3) is 5.91 Å². The number of nitrogens with one attached hydrogen (secondary N) is 1. The van der Waals surface area contributed by atoms with E-state index in [4.69, 9.17) is 14.7 Å². The molecule has 3 aromatic heterocycles. The van der Waals surface area contributed by atoms with Gasteiger partial charge in [-0.1, -0.05) is 13.0 Å². The van der Waals surface area contributed by atoms with Crippen molar-refractivity contribution in [2.45, 2.75) is 46.2 Å². The Labute approximate surface area is 241 Å². The summed E-state index contributed by atoms with van der Waals surface area (Å²) in [5.41, 5.74) is 7.54. The Kier molecular flexibility index (Phi) is 7.52. The molecule has 0 aliphatic carbocycles. The number of carbonyl (C=O) groups is 1. The fourth-order valence-corrected chi connectivity index (χ4v) is 6.05. The van der Waals surface area contributed by atoms with Gasteiger partial charge in [0.15, 0.2) is 0 Å². The highest BCUT2D eigenvalue weighted by Gasteiger charge is 2.25. The van der Waals surface area contributed by atoms with Crippen LogP contribution in [0.2, 0.25) is 0 Å². The highest BCUT2D eigenvalue weighted by atomic mass is 16.5. The Balaban J connectivity index is 1.40. The van der Waals surface area contributed by atoms with Gasteiger partial charge in [-0.05, 0) is 75.5 Å². The molecule has 0 radical (unpaired) electrons. The number of hydrogen-bond acceptors (Lipinski definition) is 7. The summed E-state index contributed by atoms with van der Waals surface area (Å²) in [4.78, 5) is 28.2. The first-order chi connectivity index (χ1) is 19.8. The van der Waals surface area contributed by atoms with Crippen LogP contribution >= 0.6 is 0 Å². The second kappa shape index (κ2) is 11.3. The number of rotatable bonds is 3. The van der Waals surface area contributed by atoms with Gasteiger partial charge in [0, 0.05) is 51.0 Å². The number of carbonyl (C=O) groups excluding carboxylic acids is 1. The number of amides is 1. The minimum absolute atomic E-state index is 0.203. The lowest BCUT2D eigenvalue weighted by Gasteiger charge is -2.30. The van der Waals surface area contributed by atoms with Gasteiger partial charge >= 0.3 is 0 Å². The summed E-state index contributed by atoms with van der Waals surface area (Å²) >= 11 is 0. The van der Waals surface area contributed by atoms with Crippen LogP contribution in [-0.4, -0.2) is 80.4 Å². The summed E-state index contributed by atoms with van der Waals surface area (Å²) in [5, 5.41) is 7.57. The molecule has 2 aliphatic heterocycles. The molecule has 2 aliphatic rings. The summed E-state index contributed by atoms with van der Waals surface area (Å²) in [6.07, 6.45) is 4.62. The van der Waals surface area contributed by atoms with Crippen molar-refractivity contribution in [2.24, 2.45) is 13.0 Å². The van der Waals surface area contributed by atoms with Crippen LogP contribution in [0.1, 0.15) is 46.9 Å². The van der Waals surface area contributed by atoms with Gasteiger partial charge in [-0.3, -0.25) is 20.0 Å². The van der Waals surface area contributed by atoms with Gasteiger partial charge in [-0.25, -0.2) is 9.67 Å². The van der Waals surface area contributed by atoms with Crippen molar-refractivity contribution in [1.29, 1.82) is 0 Å². The van der Waals surface area contributed by atoms with Gasteiger partial charge in [0.1, 0.15) is 0 Å². The number of hydrogen-bond donors (Lipinski definition) is 1. The Morgan fingerprint density at radius 2 is 2.05 bits per heavy atom. The van der Waals surface area contributed by atoms with Crippen molar-refractivity contribution in [2.75, 3.05) is 45.7 Å². The smallest absolute Gasteiger partial charge is 0.258 e. The lowest BCUT2D eigenvalue weighted by atomic mass is 9.97. The topological polar surface area (TPSA) is 93.3 Å². The molecule has 10 heteroatoms. The molecule has 1 atom stereocenters. The number of pyridine rings is 1. The third kappa shape index (κ3) is 5.58. The Hall–Kier alpha value is -3.76. The van der Waals surface area contributed by atoms with Gasteiger partial charge in [0.2, 0.25) is 11.8 Å². The normalized spacial score (nSPS) is 18.2. The summed E-state index contributed by atoms with van der Waals surface area (Å²) in [6, 6.07) is 7.96. The molecular formula is C31H40N8O2. The van der Waals surface area contributed by atoms with Gasteiger partial charge in [0.05, 0.1) is 35.1 Å². The average Bonchev–Trinajstić information content (AvgIpc) is 3.48. The van der Waals surface area contributed by atoms with Crippen molar-refractivity contribution < 1.29 is 9.53 Å². The molecule has 0 spiro atoms. The summed E-state index contributed by atoms with van der Waals surface area (Å²) < 4.78 is 10.2. The van der Waals surface area contributed by atoms with E-state index >= 15 is 0 Å². The molecule has 5 heterocycles. The summed E-state index contributed by atoms with van der Waals surface area (Å²) in [5.74, 6) is 1.43. The molecule has 41 heavy (non-hydrogen) atoms. The third-order valence-corrected chi connectivity index (χ3v) is 8.22. The van der Waals surface area contributed by atoms with Gasteiger partial charge in [-0.15, -0.1) is 0 Å². The van der Waals surface area contributed by atoms with Crippen LogP contribution in [0.5, 0.6) is 5.88 Å². The molecular weight excluding hydrogens is 516 g/mol. The average molecular weight is 557 g/mol. The van der Waals surface area contributed by atoms with Gasteiger partial charge < -0.3 is 14.2 Å². The first kappa shape index (κ1) is 27.4. The summed E-state index contributed by atoms with van der Waals surface area (Å²) in [6.45, 7) is 9.58. The number of imidazole rings is 1. The number of nitrogens with zero attached hydrogens (tertiary/aromatic N) is 7. The first-order valence-corrected chi connectivity index (χ1v) is 14.6. The third-order valence-electron chi connectivity index (χ3n) is 8.22. The number of aryl methyl sites for hydroxylation is 2. The van der Waals surface area contributed by atoms with Crippen LogP contribution in [0.4, 0.5) is 5.95 Å². The minimum Gasteiger partial charge on any atom is -0.477 e. The molecule has 0 saturated carbocycles. The zero-order valence-corrected chi connectivity index (χ0v) is 24.8. The molecule has 1 N–H and O–H groups in total. The molecule has 0 saturated heterocycles. The largest absolute Gasteiger partial charge is 0.477 e. The number of aromatic nitrogens is 5. The van der Waals surface area contributed by atoms with Crippen LogP contribution in [0.3, 0.4) is 0 Å². The second-order valence-corrected chi connectivity index (χ2v) is 11.9. The predicted octanol–water partition coefficient (Wildman–Crippen LogP) is 4.12. The fourth-order valence-electron chi connectivity index (χ4n) is 6.05. The van der Waals surface area contributed by atoms with Crippen molar-refractivity contribution in [3.63, 3.8) is 0 Å². The Morgan fingerprint density at radius 1 is 1.20 bits per heavy atom. The van der Waals surface area contributed by atoms with E-state index in [-0.39, 0.29) is 5.91 Å². The van der Waals surface area contributed by atoms with Crippen LogP contribution in [0, 0.1) is 12.8 Å². The number of anilines is 1. The zero-order chi connectivity index (χ0) is 28.7. The number of fused-ring (bicyclic) bond motifs is 9. The standard InChI is InChI=1S/C31H40N8O2/c1-20-7-6-14-41-30-25(17-32-37(30)5)27-16-23(15-21(2)33-27)29(40)35-31-34-26-9-8-22-19-38(13-12-36(3)4)11-10-24(22)28(26)39(31)18-20/h8-9,15-17,20H,6-7,10-14,18-19H2,1-5H3,(H,34,35,40)/t20-/m1/s1. The van der Waals surface area contributed by atoms with Crippen LogP contribution in [0.15, 0.2) is 30.5 Å². The maximum atomic E-state index is 13.7. The van der Waals surface area contributed by atoms with E-state index in [2.05, 4.69) is 57.9 Å². The number of likely N-dealkylation sites (N-methyl/N-ethyl adjacent to an activating group) is 1. The SMILES string of the molecule is Cc1cc2cc(n1)-c1cnn(C)c1OCCC[C@@H](C)Cn1c(nc3ccc4c(c31)CCN(CCN(C)C)C4)NC2=O. The minimum atomic E-state index is -0.203. The predicted molar refractivity (Wildman–Crippen MR) is 160 cm³/mol. The van der Waals surface area contributed by atoms with E-state index in [0.717, 1.165) is 74.3 Å². The van der Waals surface area contributed by atoms with Crippen molar-refractivity contribution >= 4 is 22.9 Å². The van der Waals surface area contributed by atoms with E-state index in [1.807, 2.05) is 26.1 Å². The van der Waals surface area contributed by atoms with Crippen LogP contribution in [0.25, 0.3) is 22.3 Å². The quantitative estimate of drug-likeness (QED) is 0.406. The van der Waals surface area contributed by atoms with E-state index in [1.54, 1.807) is 10.9 Å². The van der Waals surface area contributed by atoms with Crippen molar-refractivity contribution in [3.05, 3.63) is 52.8 Å². The molecule has 1 amide bonds. The van der Waals surface area contributed by atoms with Crippen LogP contribution < -0.4 is 10.1 Å². The van der Waals surface area contributed by atoms with Crippen molar-refractivity contribution in [3.8, 4) is 17.1 Å². The lowest BCUT2D eigenvalue weighted by molar-refractivity contribution is 0.102. The molecule has 6 rings (SSSR count). The molecule has 0 fully saturated rings. The molecule has 1 aromatic carbocycles. The van der Waals surface area contributed by atoms with E-state index in [1.165, 1.54) is 11.1 Å². The van der Waals surface area contributed by atoms with Crippen LogP contribution in [-0.2, 0) is 26.6 Å². The summed E-state index contributed by atoms with van der Waals surface area (Å²) in [7, 11) is 6.11.